The van der Waals surface area contributed by atoms with E-state index in [1.54, 1.807) is 28.8 Å². The molecule has 3 aromatic carbocycles. The van der Waals surface area contributed by atoms with Gasteiger partial charge in [-0.3, -0.25) is 9.59 Å². The highest BCUT2D eigenvalue weighted by Crippen LogP contribution is 2.25. The monoisotopic (exact) mass is 568 g/mol. The molecule has 38 heavy (non-hydrogen) atoms. The summed E-state index contributed by atoms with van der Waals surface area (Å²) >= 11 is 14.2. The Kier molecular flexibility index (Phi) is 11.0. The highest BCUT2D eigenvalue weighted by atomic mass is 35.5. The average Bonchev–Trinajstić information content (AvgIpc) is 2.93. The second-order valence-corrected chi connectivity index (χ2v) is 11.6. The lowest BCUT2D eigenvalue weighted by Gasteiger charge is -2.33. The Bertz CT molecular complexity index is 1190. The largest absolute Gasteiger partial charge is 0.352 e. The fourth-order valence-electron chi connectivity index (χ4n) is 4.85. The Morgan fingerprint density at radius 2 is 1.55 bits per heavy atom. The van der Waals surface area contributed by atoms with Crippen molar-refractivity contribution in [3.8, 4) is 0 Å². The molecule has 0 heterocycles. The third kappa shape index (κ3) is 8.52. The molecular formula is C31H34Cl2N2O2S. The molecule has 7 heteroatoms. The summed E-state index contributed by atoms with van der Waals surface area (Å²) in [6.07, 6.45) is 5.83. The number of halogens is 2. The van der Waals surface area contributed by atoms with E-state index in [4.69, 9.17) is 23.2 Å². The van der Waals surface area contributed by atoms with E-state index in [9.17, 15) is 9.59 Å². The number of amides is 2. The van der Waals surface area contributed by atoms with E-state index in [0.29, 0.717) is 16.5 Å². The molecular weight excluding hydrogens is 535 g/mol. The van der Waals surface area contributed by atoms with E-state index in [0.717, 1.165) is 48.1 Å². The summed E-state index contributed by atoms with van der Waals surface area (Å²) < 4.78 is 0. The Morgan fingerprint density at radius 1 is 0.895 bits per heavy atom. The standard InChI is InChI=1S/C31H34Cl2N2O2S/c32-26-17-16-25(28(33)19-26)20-35(30(36)22-38-21-24-12-6-2-7-13-24)29(18-23-10-4-1-5-11-23)31(37)34-27-14-8-3-9-15-27/h1-2,4-7,10-13,16-17,19,27,29H,3,8-9,14-15,18,20-22H2,(H,34,37)/t29-/m1/s1. The van der Waals surface area contributed by atoms with E-state index in [1.807, 2.05) is 54.6 Å². The quantitative estimate of drug-likeness (QED) is 0.263. The van der Waals surface area contributed by atoms with Gasteiger partial charge in [-0.2, -0.15) is 0 Å². The van der Waals surface area contributed by atoms with Crippen molar-refractivity contribution in [2.75, 3.05) is 5.75 Å². The van der Waals surface area contributed by atoms with E-state index in [2.05, 4.69) is 17.4 Å². The molecule has 4 nitrogen and oxygen atoms in total. The van der Waals surface area contributed by atoms with Gasteiger partial charge in [0.15, 0.2) is 0 Å². The minimum atomic E-state index is -0.657. The third-order valence-electron chi connectivity index (χ3n) is 6.92. The van der Waals surface area contributed by atoms with Crippen LogP contribution in [0.1, 0.15) is 48.8 Å². The van der Waals surface area contributed by atoms with Crippen LogP contribution in [0.25, 0.3) is 0 Å². The van der Waals surface area contributed by atoms with Crippen molar-refractivity contribution < 1.29 is 9.59 Å². The molecule has 3 aromatic rings. The molecule has 1 aliphatic carbocycles. The second kappa shape index (κ2) is 14.6. The molecule has 200 valence electrons. The number of hydrogen-bond donors (Lipinski definition) is 1. The van der Waals surface area contributed by atoms with Gasteiger partial charge in [-0.05, 0) is 41.7 Å². The number of thioether (sulfide) groups is 1. The Balaban J connectivity index is 1.59. The Hall–Kier alpha value is -2.47. The van der Waals surface area contributed by atoms with Crippen LogP contribution in [0.3, 0.4) is 0 Å². The smallest absolute Gasteiger partial charge is 0.243 e. The van der Waals surface area contributed by atoms with Crippen molar-refractivity contribution in [3.63, 3.8) is 0 Å². The summed E-state index contributed by atoms with van der Waals surface area (Å²) in [5.41, 5.74) is 2.93. The van der Waals surface area contributed by atoms with E-state index < -0.39 is 6.04 Å². The zero-order valence-electron chi connectivity index (χ0n) is 21.5. The fourth-order valence-corrected chi connectivity index (χ4v) is 6.18. The second-order valence-electron chi connectivity index (χ2n) is 9.78. The van der Waals surface area contributed by atoms with Gasteiger partial charge in [-0.25, -0.2) is 0 Å². The molecule has 0 aliphatic heterocycles. The summed E-state index contributed by atoms with van der Waals surface area (Å²) in [4.78, 5) is 29.3. The highest BCUT2D eigenvalue weighted by molar-refractivity contribution is 7.99. The van der Waals surface area contributed by atoms with E-state index in [-0.39, 0.29) is 30.2 Å². The van der Waals surface area contributed by atoms with Crippen molar-refractivity contribution in [2.45, 2.75) is 62.9 Å². The van der Waals surface area contributed by atoms with Gasteiger partial charge in [-0.1, -0.05) is 109 Å². The predicted molar refractivity (Wildman–Crippen MR) is 159 cm³/mol. The number of carbonyl (C=O) groups excluding carboxylic acids is 2. The molecule has 0 unspecified atom stereocenters. The number of carbonyl (C=O) groups is 2. The molecule has 2 amide bonds. The van der Waals surface area contributed by atoms with Gasteiger partial charge in [0.2, 0.25) is 11.8 Å². The predicted octanol–water partition coefficient (Wildman–Crippen LogP) is 7.32. The van der Waals surface area contributed by atoms with Crippen molar-refractivity contribution in [3.05, 3.63) is 106 Å². The Labute approximate surface area is 240 Å². The number of nitrogens with one attached hydrogen (secondary N) is 1. The number of hydrogen-bond acceptors (Lipinski definition) is 3. The van der Waals surface area contributed by atoms with Gasteiger partial charge < -0.3 is 10.2 Å². The van der Waals surface area contributed by atoms with Gasteiger partial charge >= 0.3 is 0 Å². The minimum Gasteiger partial charge on any atom is -0.352 e. The van der Waals surface area contributed by atoms with Crippen LogP contribution in [0, 0.1) is 0 Å². The lowest BCUT2D eigenvalue weighted by Crippen LogP contribution is -2.53. The molecule has 1 fully saturated rings. The summed E-state index contributed by atoms with van der Waals surface area (Å²) in [5.74, 6) is 0.797. The summed E-state index contributed by atoms with van der Waals surface area (Å²) in [5, 5.41) is 4.29. The first-order chi connectivity index (χ1) is 18.5. The third-order valence-corrected chi connectivity index (χ3v) is 8.49. The molecule has 1 aliphatic rings. The van der Waals surface area contributed by atoms with Crippen LogP contribution in [0.4, 0.5) is 0 Å². The normalized spacial score (nSPS) is 14.6. The van der Waals surface area contributed by atoms with Crippen molar-refractivity contribution >= 4 is 46.8 Å². The SMILES string of the molecule is O=C(NC1CCCCC1)[C@@H](Cc1ccccc1)N(Cc1ccc(Cl)cc1Cl)C(=O)CSCc1ccccc1. The van der Waals surface area contributed by atoms with Crippen LogP contribution in [0.5, 0.6) is 0 Å². The maximum absolute atomic E-state index is 13.8. The van der Waals surface area contributed by atoms with Crippen molar-refractivity contribution in [1.29, 1.82) is 0 Å². The molecule has 4 rings (SSSR count). The molecule has 0 saturated heterocycles. The van der Waals surface area contributed by atoms with Crippen LogP contribution >= 0.6 is 35.0 Å². The van der Waals surface area contributed by atoms with Gasteiger partial charge in [0.25, 0.3) is 0 Å². The van der Waals surface area contributed by atoms with Gasteiger partial charge in [0.05, 0.1) is 5.75 Å². The number of rotatable bonds is 11. The molecule has 1 saturated carbocycles. The molecule has 1 N–H and O–H groups in total. The van der Waals surface area contributed by atoms with Crippen LogP contribution in [-0.4, -0.2) is 34.6 Å². The van der Waals surface area contributed by atoms with Gasteiger partial charge in [0, 0.05) is 34.8 Å². The maximum Gasteiger partial charge on any atom is 0.243 e. The summed E-state index contributed by atoms with van der Waals surface area (Å²) in [6, 6.07) is 24.7. The molecule has 1 atom stereocenters. The zero-order valence-corrected chi connectivity index (χ0v) is 23.8. The van der Waals surface area contributed by atoms with Crippen molar-refractivity contribution in [2.24, 2.45) is 0 Å². The highest BCUT2D eigenvalue weighted by Gasteiger charge is 2.32. The number of nitrogens with zero attached hydrogens (tertiary/aromatic N) is 1. The molecule has 0 radical (unpaired) electrons. The van der Waals surface area contributed by atoms with Crippen LogP contribution in [-0.2, 0) is 28.3 Å². The topological polar surface area (TPSA) is 49.4 Å². The van der Waals surface area contributed by atoms with Crippen LogP contribution in [0.15, 0.2) is 78.9 Å². The lowest BCUT2D eigenvalue weighted by atomic mass is 9.94. The van der Waals surface area contributed by atoms with Gasteiger partial charge in [-0.15, -0.1) is 11.8 Å². The maximum atomic E-state index is 13.8. The Morgan fingerprint density at radius 3 is 2.21 bits per heavy atom. The summed E-state index contributed by atoms with van der Waals surface area (Å²) in [7, 11) is 0. The van der Waals surface area contributed by atoms with Crippen molar-refractivity contribution in [1.82, 2.24) is 10.2 Å². The lowest BCUT2D eigenvalue weighted by molar-refractivity contribution is -0.139. The van der Waals surface area contributed by atoms with E-state index >= 15 is 0 Å². The first-order valence-corrected chi connectivity index (χ1v) is 15.1. The zero-order chi connectivity index (χ0) is 26.7. The molecule has 0 bridgehead atoms. The molecule has 0 spiro atoms. The van der Waals surface area contributed by atoms with E-state index in [1.165, 1.54) is 6.42 Å². The first kappa shape index (κ1) is 28.5. The summed E-state index contributed by atoms with van der Waals surface area (Å²) in [6.45, 7) is 0.232. The van der Waals surface area contributed by atoms with Gasteiger partial charge in [0.1, 0.15) is 6.04 Å². The first-order valence-electron chi connectivity index (χ1n) is 13.2. The molecule has 0 aromatic heterocycles. The average molecular weight is 570 g/mol. The number of benzene rings is 3. The van der Waals surface area contributed by atoms with Crippen LogP contribution < -0.4 is 5.32 Å². The fraction of sp³-hybridized carbons (Fsp3) is 0.355. The van der Waals surface area contributed by atoms with Crippen LogP contribution in [0.2, 0.25) is 10.0 Å². The minimum absolute atomic E-state index is 0.0864.